The third kappa shape index (κ3) is 2.64. The summed E-state index contributed by atoms with van der Waals surface area (Å²) in [5.74, 6) is 1.37. The van der Waals surface area contributed by atoms with Crippen molar-refractivity contribution >= 4 is 5.82 Å². The van der Waals surface area contributed by atoms with Gasteiger partial charge in [0.25, 0.3) is 0 Å². The van der Waals surface area contributed by atoms with Crippen LogP contribution >= 0.6 is 0 Å². The highest BCUT2D eigenvalue weighted by Gasteiger charge is 2.05. The zero-order valence-electron chi connectivity index (χ0n) is 10.9. The molecule has 1 heterocycles. The number of rotatable bonds is 4. The first-order valence-electron chi connectivity index (χ1n) is 6.39. The van der Waals surface area contributed by atoms with Crippen molar-refractivity contribution in [3.05, 3.63) is 66.4 Å². The number of benzene rings is 2. The minimum absolute atomic E-state index is 0.547. The molecule has 0 bridgehead atoms. The summed E-state index contributed by atoms with van der Waals surface area (Å²) in [6.07, 6.45) is 1.71. The summed E-state index contributed by atoms with van der Waals surface area (Å²) < 4.78 is 5.80. The van der Waals surface area contributed by atoms with Crippen LogP contribution in [0.1, 0.15) is 5.56 Å². The van der Waals surface area contributed by atoms with Crippen molar-refractivity contribution in [2.75, 3.05) is 5.73 Å². The molecular weight excluding hydrogens is 250 g/mol. The molecule has 0 aliphatic carbocycles. The molecule has 0 spiro atoms. The van der Waals surface area contributed by atoms with Gasteiger partial charge < -0.3 is 10.5 Å². The Bertz CT molecular complexity index is 692. The number of hydrogen-bond acceptors (Lipinski definition) is 3. The highest BCUT2D eigenvalue weighted by Crippen LogP contribution is 2.27. The van der Waals surface area contributed by atoms with Crippen molar-refractivity contribution in [3.8, 4) is 16.9 Å². The van der Waals surface area contributed by atoms with E-state index in [1.807, 2.05) is 54.6 Å². The second kappa shape index (κ2) is 5.48. The van der Waals surface area contributed by atoms with Crippen LogP contribution in [0, 0.1) is 0 Å². The van der Waals surface area contributed by atoms with E-state index in [1.165, 1.54) is 0 Å². The standard InChI is InChI=1S/C16H15N3O/c17-16-15(10-18-19-16)13-7-4-8-14(9-13)20-11-12-5-2-1-3-6-12/h1-10H,11H2,(H3,17,18,19). The van der Waals surface area contributed by atoms with Crippen LogP contribution in [0.4, 0.5) is 5.82 Å². The fourth-order valence-electron chi connectivity index (χ4n) is 2.02. The molecule has 3 rings (SSSR count). The van der Waals surface area contributed by atoms with E-state index in [4.69, 9.17) is 10.5 Å². The molecule has 3 aromatic rings. The lowest BCUT2D eigenvalue weighted by atomic mass is 10.1. The average Bonchev–Trinajstić information content (AvgIpc) is 2.93. The van der Waals surface area contributed by atoms with E-state index in [2.05, 4.69) is 10.2 Å². The molecule has 2 aromatic carbocycles. The van der Waals surface area contributed by atoms with Gasteiger partial charge in [0.1, 0.15) is 18.2 Å². The van der Waals surface area contributed by atoms with Gasteiger partial charge in [-0.25, -0.2) is 0 Å². The quantitative estimate of drug-likeness (QED) is 0.761. The average molecular weight is 265 g/mol. The van der Waals surface area contributed by atoms with Crippen LogP contribution < -0.4 is 10.5 Å². The van der Waals surface area contributed by atoms with Crippen molar-refractivity contribution < 1.29 is 4.74 Å². The van der Waals surface area contributed by atoms with Gasteiger partial charge in [-0.1, -0.05) is 42.5 Å². The van der Waals surface area contributed by atoms with Gasteiger partial charge in [0.2, 0.25) is 0 Å². The zero-order valence-corrected chi connectivity index (χ0v) is 10.9. The Morgan fingerprint density at radius 1 is 1.05 bits per heavy atom. The lowest BCUT2D eigenvalue weighted by molar-refractivity contribution is 0.306. The molecule has 0 atom stereocenters. The molecule has 0 saturated carbocycles. The van der Waals surface area contributed by atoms with Gasteiger partial charge in [0.15, 0.2) is 0 Å². The predicted molar refractivity (Wildman–Crippen MR) is 79.2 cm³/mol. The van der Waals surface area contributed by atoms with Gasteiger partial charge in [-0.3, -0.25) is 5.10 Å². The maximum atomic E-state index is 5.83. The van der Waals surface area contributed by atoms with Crippen LogP contribution in [-0.4, -0.2) is 10.2 Å². The first-order chi connectivity index (χ1) is 9.83. The third-order valence-corrected chi connectivity index (χ3v) is 3.06. The minimum Gasteiger partial charge on any atom is -0.489 e. The number of ether oxygens (including phenoxy) is 1. The Hall–Kier alpha value is -2.75. The van der Waals surface area contributed by atoms with Gasteiger partial charge in [-0.15, -0.1) is 0 Å². The SMILES string of the molecule is Nc1[nH]ncc1-c1cccc(OCc2ccccc2)c1. The fraction of sp³-hybridized carbons (Fsp3) is 0.0625. The fourth-order valence-corrected chi connectivity index (χ4v) is 2.02. The minimum atomic E-state index is 0.547. The monoisotopic (exact) mass is 265 g/mol. The van der Waals surface area contributed by atoms with Crippen LogP contribution in [0.15, 0.2) is 60.8 Å². The molecule has 4 nitrogen and oxygen atoms in total. The summed E-state index contributed by atoms with van der Waals surface area (Å²) >= 11 is 0. The van der Waals surface area contributed by atoms with Gasteiger partial charge in [-0.05, 0) is 23.3 Å². The van der Waals surface area contributed by atoms with Gasteiger partial charge in [0.05, 0.1) is 6.20 Å². The maximum absolute atomic E-state index is 5.83. The molecule has 0 aliphatic rings. The highest BCUT2D eigenvalue weighted by molar-refractivity contribution is 5.73. The Kier molecular flexibility index (Phi) is 3.37. The number of hydrogen-bond donors (Lipinski definition) is 2. The van der Waals surface area contributed by atoms with Gasteiger partial charge in [0, 0.05) is 5.56 Å². The molecule has 3 N–H and O–H groups in total. The van der Waals surface area contributed by atoms with Crippen molar-refractivity contribution in [1.82, 2.24) is 10.2 Å². The van der Waals surface area contributed by atoms with Crippen LogP contribution in [0.5, 0.6) is 5.75 Å². The van der Waals surface area contributed by atoms with Crippen molar-refractivity contribution in [2.45, 2.75) is 6.61 Å². The number of nitrogens with zero attached hydrogens (tertiary/aromatic N) is 1. The molecule has 100 valence electrons. The number of aromatic amines is 1. The van der Waals surface area contributed by atoms with E-state index in [0.717, 1.165) is 22.4 Å². The number of nitrogen functional groups attached to an aromatic ring is 1. The number of H-pyrrole nitrogens is 1. The molecule has 20 heavy (non-hydrogen) atoms. The smallest absolute Gasteiger partial charge is 0.126 e. The normalized spacial score (nSPS) is 10.4. The molecule has 1 aromatic heterocycles. The summed E-state index contributed by atoms with van der Waals surface area (Å²) in [5, 5.41) is 6.66. The number of nitrogens with two attached hydrogens (primary N) is 1. The molecule has 0 fully saturated rings. The summed E-state index contributed by atoms with van der Waals surface area (Å²) in [5.41, 5.74) is 8.84. The molecule has 0 aliphatic heterocycles. The second-order valence-electron chi connectivity index (χ2n) is 4.50. The lowest BCUT2D eigenvalue weighted by Gasteiger charge is -2.08. The maximum Gasteiger partial charge on any atom is 0.126 e. The summed E-state index contributed by atoms with van der Waals surface area (Å²) in [6.45, 7) is 0.547. The van der Waals surface area contributed by atoms with Crippen molar-refractivity contribution in [1.29, 1.82) is 0 Å². The van der Waals surface area contributed by atoms with E-state index in [9.17, 15) is 0 Å². The first-order valence-corrected chi connectivity index (χ1v) is 6.39. The topological polar surface area (TPSA) is 63.9 Å². The van der Waals surface area contributed by atoms with E-state index >= 15 is 0 Å². The highest BCUT2D eigenvalue weighted by atomic mass is 16.5. The van der Waals surface area contributed by atoms with Crippen LogP contribution in [0.2, 0.25) is 0 Å². The molecule has 0 amide bonds. The van der Waals surface area contributed by atoms with Crippen molar-refractivity contribution in [2.24, 2.45) is 0 Å². The zero-order chi connectivity index (χ0) is 13.8. The van der Waals surface area contributed by atoms with Crippen LogP contribution in [0.3, 0.4) is 0 Å². The van der Waals surface area contributed by atoms with Crippen LogP contribution in [-0.2, 0) is 6.61 Å². The Balaban J connectivity index is 1.77. The molecular formula is C16H15N3O. The van der Waals surface area contributed by atoms with E-state index in [-0.39, 0.29) is 0 Å². The third-order valence-electron chi connectivity index (χ3n) is 3.06. The number of aromatic nitrogens is 2. The molecule has 0 unspecified atom stereocenters. The summed E-state index contributed by atoms with van der Waals surface area (Å²) in [7, 11) is 0. The molecule has 0 saturated heterocycles. The Morgan fingerprint density at radius 3 is 2.65 bits per heavy atom. The summed E-state index contributed by atoms with van der Waals surface area (Å²) in [4.78, 5) is 0. The second-order valence-corrected chi connectivity index (χ2v) is 4.50. The van der Waals surface area contributed by atoms with Crippen molar-refractivity contribution in [3.63, 3.8) is 0 Å². The van der Waals surface area contributed by atoms with E-state index < -0.39 is 0 Å². The van der Waals surface area contributed by atoms with E-state index in [0.29, 0.717) is 12.4 Å². The predicted octanol–water partition coefficient (Wildman–Crippen LogP) is 3.24. The lowest BCUT2D eigenvalue weighted by Crippen LogP contribution is -1.95. The van der Waals surface area contributed by atoms with E-state index in [1.54, 1.807) is 6.20 Å². The van der Waals surface area contributed by atoms with Gasteiger partial charge in [-0.2, -0.15) is 5.10 Å². The molecule has 0 radical (unpaired) electrons. The van der Waals surface area contributed by atoms with Gasteiger partial charge >= 0.3 is 0 Å². The number of anilines is 1. The summed E-state index contributed by atoms with van der Waals surface area (Å²) in [6, 6.07) is 17.9. The first kappa shape index (κ1) is 12.3. The molecule has 4 heteroatoms. The largest absolute Gasteiger partial charge is 0.489 e. The Morgan fingerprint density at radius 2 is 1.90 bits per heavy atom. The van der Waals surface area contributed by atoms with Crippen LogP contribution in [0.25, 0.3) is 11.1 Å². The Labute approximate surface area is 117 Å². The number of nitrogens with one attached hydrogen (secondary N) is 1.